The molecule has 0 aliphatic heterocycles. The van der Waals surface area contributed by atoms with Crippen LogP contribution in [-0.4, -0.2) is 26.2 Å². The van der Waals surface area contributed by atoms with E-state index in [0.717, 1.165) is 0 Å². The molecule has 0 saturated carbocycles. The Morgan fingerprint density at radius 3 is 2.24 bits per heavy atom. The van der Waals surface area contributed by atoms with E-state index in [9.17, 15) is 13.2 Å². The first-order chi connectivity index (χ1) is 9.74. The summed E-state index contributed by atoms with van der Waals surface area (Å²) in [6.07, 6.45) is 0.673. The zero-order valence-electron chi connectivity index (χ0n) is 12.4. The Morgan fingerprint density at radius 1 is 1.24 bits per heavy atom. The highest BCUT2D eigenvalue weighted by molar-refractivity contribution is 7.89. The van der Waals surface area contributed by atoms with Gasteiger partial charge in [-0.3, -0.25) is 4.79 Å². The van der Waals surface area contributed by atoms with E-state index in [4.69, 9.17) is 11.6 Å². The van der Waals surface area contributed by atoms with Crippen LogP contribution in [0.2, 0.25) is 0 Å². The minimum absolute atomic E-state index is 0.149. The van der Waals surface area contributed by atoms with Gasteiger partial charge in [-0.1, -0.05) is 13.8 Å². The molecule has 0 aliphatic carbocycles. The van der Waals surface area contributed by atoms with E-state index in [1.54, 1.807) is 12.1 Å². The van der Waals surface area contributed by atoms with Crippen molar-refractivity contribution in [1.29, 1.82) is 0 Å². The van der Waals surface area contributed by atoms with Crippen LogP contribution in [0.5, 0.6) is 0 Å². The largest absolute Gasteiger partial charge is 0.326 e. The molecule has 1 rings (SSSR count). The average molecular weight is 333 g/mol. The van der Waals surface area contributed by atoms with Crippen LogP contribution < -0.4 is 10.0 Å². The number of hydrogen-bond donors (Lipinski definition) is 2. The van der Waals surface area contributed by atoms with Crippen LogP contribution in [0.1, 0.15) is 27.2 Å². The number of alkyl halides is 1. The summed E-state index contributed by atoms with van der Waals surface area (Å²) >= 11 is 5.81. The number of carbonyl (C=O) groups excluding carboxylic acids is 1. The second kappa shape index (κ2) is 7.77. The molecule has 1 amide bonds. The Morgan fingerprint density at radius 2 is 1.81 bits per heavy atom. The topological polar surface area (TPSA) is 75.3 Å². The Bertz CT molecular complexity index is 570. The lowest BCUT2D eigenvalue weighted by Gasteiger charge is -2.18. The summed E-state index contributed by atoms with van der Waals surface area (Å²) in [5.74, 6) is 0.364. The fraction of sp³-hybridized carbons (Fsp3) is 0.500. The molecule has 0 saturated heterocycles. The zero-order chi connectivity index (χ0) is 16.0. The molecule has 1 aromatic rings. The van der Waals surface area contributed by atoms with Crippen LogP contribution in [-0.2, 0) is 14.8 Å². The Hall–Kier alpha value is -1.11. The van der Waals surface area contributed by atoms with Gasteiger partial charge in [-0.05, 0) is 36.6 Å². The Kier molecular flexibility index (Phi) is 6.64. The van der Waals surface area contributed by atoms with E-state index >= 15 is 0 Å². The molecule has 0 radical (unpaired) electrons. The highest BCUT2D eigenvalue weighted by atomic mass is 35.5. The number of hydrogen-bond acceptors (Lipinski definition) is 3. The third kappa shape index (κ3) is 6.03. The normalized spacial score (nSPS) is 13.2. The van der Waals surface area contributed by atoms with Crippen molar-refractivity contribution in [2.45, 2.75) is 38.1 Å². The molecule has 2 N–H and O–H groups in total. The SMILES string of the molecule is CC(=O)Nc1ccc(S(=O)(=O)NC(CCl)CC(C)C)cc1. The van der Waals surface area contributed by atoms with Crippen molar-refractivity contribution in [3.05, 3.63) is 24.3 Å². The van der Waals surface area contributed by atoms with Crippen molar-refractivity contribution in [3.63, 3.8) is 0 Å². The first-order valence-electron chi connectivity index (χ1n) is 6.70. The number of anilines is 1. The van der Waals surface area contributed by atoms with E-state index in [0.29, 0.717) is 18.0 Å². The molecular formula is C14H21ClN2O3S. The summed E-state index contributed by atoms with van der Waals surface area (Å²) in [6, 6.07) is 5.71. The first-order valence-corrected chi connectivity index (χ1v) is 8.72. The smallest absolute Gasteiger partial charge is 0.240 e. The van der Waals surface area contributed by atoms with Crippen molar-refractivity contribution in [1.82, 2.24) is 4.72 Å². The maximum absolute atomic E-state index is 12.3. The van der Waals surface area contributed by atoms with E-state index in [-0.39, 0.29) is 22.7 Å². The summed E-state index contributed by atoms with van der Waals surface area (Å²) in [5, 5.41) is 2.59. The van der Waals surface area contributed by atoms with Gasteiger partial charge in [0.15, 0.2) is 0 Å². The van der Waals surface area contributed by atoms with Crippen LogP contribution in [0.4, 0.5) is 5.69 Å². The summed E-state index contributed by atoms with van der Waals surface area (Å²) in [7, 11) is -3.61. The predicted molar refractivity (Wildman–Crippen MR) is 85.0 cm³/mol. The molecule has 7 heteroatoms. The monoisotopic (exact) mass is 332 g/mol. The Labute approximate surface area is 131 Å². The van der Waals surface area contributed by atoms with Crippen LogP contribution in [0.3, 0.4) is 0 Å². The number of benzene rings is 1. The second-order valence-corrected chi connectivity index (χ2v) is 7.33. The molecule has 1 atom stereocenters. The van der Waals surface area contributed by atoms with Crippen LogP contribution in [0.25, 0.3) is 0 Å². The van der Waals surface area contributed by atoms with Gasteiger partial charge in [-0.25, -0.2) is 13.1 Å². The van der Waals surface area contributed by atoms with Gasteiger partial charge in [-0.2, -0.15) is 0 Å². The molecule has 1 aromatic carbocycles. The lowest BCUT2D eigenvalue weighted by atomic mass is 10.1. The minimum Gasteiger partial charge on any atom is -0.326 e. The third-order valence-corrected chi connectivity index (χ3v) is 4.66. The number of halogens is 1. The van der Waals surface area contributed by atoms with Crippen LogP contribution in [0, 0.1) is 5.92 Å². The molecule has 1 unspecified atom stereocenters. The summed E-state index contributed by atoms with van der Waals surface area (Å²) in [5.41, 5.74) is 0.553. The highest BCUT2D eigenvalue weighted by Gasteiger charge is 2.20. The first kappa shape index (κ1) is 17.9. The van der Waals surface area contributed by atoms with Crippen LogP contribution >= 0.6 is 11.6 Å². The third-order valence-electron chi connectivity index (χ3n) is 2.75. The highest BCUT2D eigenvalue weighted by Crippen LogP contribution is 2.16. The molecule has 0 fully saturated rings. The molecular weight excluding hydrogens is 312 g/mol. The quantitative estimate of drug-likeness (QED) is 0.753. The van der Waals surface area contributed by atoms with E-state index < -0.39 is 10.0 Å². The van der Waals surface area contributed by atoms with Gasteiger partial charge < -0.3 is 5.32 Å². The van der Waals surface area contributed by atoms with Gasteiger partial charge in [0, 0.05) is 24.5 Å². The van der Waals surface area contributed by atoms with Gasteiger partial charge in [-0.15, -0.1) is 11.6 Å². The predicted octanol–water partition coefficient (Wildman–Crippen LogP) is 2.58. The number of amides is 1. The lowest BCUT2D eigenvalue weighted by molar-refractivity contribution is -0.114. The van der Waals surface area contributed by atoms with E-state index in [2.05, 4.69) is 10.0 Å². The fourth-order valence-electron chi connectivity index (χ4n) is 1.92. The number of sulfonamides is 1. The van der Waals surface area contributed by atoms with Crippen molar-refractivity contribution in [2.75, 3.05) is 11.2 Å². The molecule has 21 heavy (non-hydrogen) atoms. The molecule has 0 aromatic heterocycles. The van der Waals surface area contributed by atoms with Crippen molar-refractivity contribution in [3.8, 4) is 0 Å². The number of carbonyl (C=O) groups is 1. The van der Waals surface area contributed by atoms with Gasteiger partial charge in [0.25, 0.3) is 0 Å². The zero-order valence-corrected chi connectivity index (χ0v) is 14.0. The van der Waals surface area contributed by atoms with Gasteiger partial charge >= 0.3 is 0 Å². The minimum atomic E-state index is -3.61. The van der Waals surface area contributed by atoms with E-state index in [1.165, 1.54) is 19.1 Å². The summed E-state index contributed by atoms with van der Waals surface area (Å²) in [4.78, 5) is 11.1. The van der Waals surface area contributed by atoms with Gasteiger partial charge in [0.2, 0.25) is 15.9 Å². The summed E-state index contributed by atoms with van der Waals surface area (Å²) < 4.78 is 27.1. The molecule has 5 nitrogen and oxygen atoms in total. The van der Waals surface area contributed by atoms with Crippen molar-refractivity contribution >= 4 is 33.2 Å². The number of nitrogens with one attached hydrogen (secondary N) is 2. The lowest BCUT2D eigenvalue weighted by Crippen LogP contribution is -2.37. The average Bonchev–Trinajstić information content (AvgIpc) is 2.37. The summed E-state index contributed by atoms with van der Waals surface area (Å²) in [6.45, 7) is 5.41. The molecule has 118 valence electrons. The fourth-order valence-corrected chi connectivity index (χ4v) is 3.46. The van der Waals surface area contributed by atoms with Crippen molar-refractivity contribution < 1.29 is 13.2 Å². The maximum atomic E-state index is 12.3. The van der Waals surface area contributed by atoms with E-state index in [1.807, 2.05) is 13.8 Å². The molecule has 0 heterocycles. The van der Waals surface area contributed by atoms with Crippen molar-refractivity contribution in [2.24, 2.45) is 5.92 Å². The molecule has 0 aliphatic rings. The molecule has 0 spiro atoms. The van der Waals surface area contributed by atoms with Gasteiger partial charge in [0.1, 0.15) is 0 Å². The van der Waals surface area contributed by atoms with Crippen LogP contribution in [0.15, 0.2) is 29.2 Å². The number of rotatable bonds is 7. The molecule has 0 bridgehead atoms. The maximum Gasteiger partial charge on any atom is 0.240 e. The Balaban J connectivity index is 2.84. The van der Waals surface area contributed by atoms with Gasteiger partial charge in [0.05, 0.1) is 4.90 Å². The second-order valence-electron chi connectivity index (χ2n) is 5.31. The standard InChI is InChI=1S/C14H21ClN2O3S/c1-10(2)8-13(9-15)17-21(19,20)14-6-4-12(5-7-14)16-11(3)18/h4-7,10,13,17H,8-9H2,1-3H3,(H,16,18).